The number of hydrogen-bond acceptors (Lipinski definition) is 3. The van der Waals surface area contributed by atoms with Crippen LogP contribution in [0.1, 0.15) is 39.5 Å². The minimum absolute atomic E-state index is 0.568. The number of ether oxygens (including phenoxy) is 1. The van der Waals surface area contributed by atoms with Gasteiger partial charge in [0.05, 0.1) is 12.3 Å². The summed E-state index contributed by atoms with van der Waals surface area (Å²) in [5.41, 5.74) is 7.01. The highest BCUT2D eigenvalue weighted by Crippen LogP contribution is 2.13. The molecule has 0 amide bonds. The van der Waals surface area contributed by atoms with E-state index in [1.165, 1.54) is 19.3 Å². The Balaban J connectivity index is 2.20. The van der Waals surface area contributed by atoms with Gasteiger partial charge in [-0.1, -0.05) is 51.3 Å². The molecule has 2 N–H and O–H groups in total. The lowest BCUT2D eigenvalue weighted by molar-refractivity contribution is 0.145. The van der Waals surface area contributed by atoms with E-state index in [9.17, 15) is 0 Å². The van der Waals surface area contributed by atoms with Crippen molar-refractivity contribution in [3.8, 4) is 0 Å². The number of hydrazine groups is 1. The van der Waals surface area contributed by atoms with Gasteiger partial charge in [-0.15, -0.1) is 0 Å². The van der Waals surface area contributed by atoms with E-state index in [4.69, 9.17) is 4.74 Å². The van der Waals surface area contributed by atoms with Crippen molar-refractivity contribution in [3.05, 3.63) is 42.8 Å². The number of para-hydroxylation sites is 1. The molecule has 3 heteroatoms. The quantitative estimate of drug-likeness (QED) is 0.487. The van der Waals surface area contributed by atoms with Gasteiger partial charge in [-0.2, -0.15) is 0 Å². The Morgan fingerprint density at radius 3 is 2.63 bits per heavy atom. The number of nitrogens with one attached hydrogen (secondary N) is 2. The molecule has 0 aliphatic heterocycles. The zero-order valence-electron chi connectivity index (χ0n) is 12.1. The number of anilines is 1. The Morgan fingerprint density at radius 1 is 1.26 bits per heavy atom. The van der Waals surface area contributed by atoms with E-state index in [0.29, 0.717) is 11.8 Å². The lowest BCUT2D eigenvalue weighted by Crippen LogP contribution is -2.23. The van der Waals surface area contributed by atoms with Crippen LogP contribution in [0.2, 0.25) is 0 Å². The van der Waals surface area contributed by atoms with Crippen molar-refractivity contribution in [2.75, 3.05) is 12.0 Å². The van der Waals surface area contributed by atoms with Gasteiger partial charge in [-0.05, 0) is 31.1 Å². The van der Waals surface area contributed by atoms with Gasteiger partial charge >= 0.3 is 0 Å². The third-order valence-electron chi connectivity index (χ3n) is 3.16. The lowest BCUT2D eigenvalue weighted by atomic mass is 10.0. The maximum Gasteiger partial charge on any atom is 0.198 e. The molecule has 19 heavy (non-hydrogen) atoms. The number of hydrogen-bond donors (Lipinski definition) is 2. The molecule has 0 spiro atoms. The normalized spacial score (nSPS) is 11.7. The van der Waals surface area contributed by atoms with E-state index in [-0.39, 0.29) is 0 Å². The highest BCUT2D eigenvalue weighted by Gasteiger charge is 2.07. The van der Waals surface area contributed by atoms with Crippen LogP contribution in [0.3, 0.4) is 0 Å². The first-order chi connectivity index (χ1) is 9.26. The van der Waals surface area contributed by atoms with E-state index < -0.39 is 0 Å². The Kier molecular flexibility index (Phi) is 7.56. The minimum Gasteiger partial charge on any atom is -0.478 e. The molecule has 0 aromatic heterocycles. The molecule has 0 aliphatic carbocycles. The van der Waals surface area contributed by atoms with Gasteiger partial charge in [0.25, 0.3) is 0 Å². The van der Waals surface area contributed by atoms with Crippen LogP contribution >= 0.6 is 0 Å². The van der Waals surface area contributed by atoms with E-state index in [2.05, 4.69) is 31.3 Å². The first-order valence-corrected chi connectivity index (χ1v) is 7.15. The zero-order chi connectivity index (χ0) is 13.9. The number of rotatable bonds is 10. The van der Waals surface area contributed by atoms with Gasteiger partial charge in [0, 0.05) is 0 Å². The Hall–Kier alpha value is -1.64. The van der Waals surface area contributed by atoms with Crippen molar-refractivity contribution in [3.63, 3.8) is 0 Å². The molecule has 1 aromatic carbocycles. The van der Waals surface area contributed by atoms with E-state index in [1.54, 1.807) is 0 Å². The number of benzene rings is 1. The van der Waals surface area contributed by atoms with Crippen LogP contribution in [0.15, 0.2) is 42.8 Å². The monoisotopic (exact) mass is 262 g/mol. The maximum atomic E-state index is 5.65. The molecule has 1 rings (SSSR count). The molecule has 1 atom stereocenters. The molecule has 0 fully saturated rings. The van der Waals surface area contributed by atoms with Gasteiger partial charge in [-0.3, -0.25) is 10.9 Å². The van der Waals surface area contributed by atoms with Crippen molar-refractivity contribution in [1.29, 1.82) is 0 Å². The molecule has 0 heterocycles. The van der Waals surface area contributed by atoms with Crippen molar-refractivity contribution in [2.45, 2.75) is 39.5 Å². The molecular weight excluding hydrogens is 236 g/mol. The van der Waals surface area contributed by atoms with Crippen LogP contribution in [-0.4, -0.2) is 6.61 Å². The summed E-state index contributed by atoms with van der Waals surface area (Å²) in [5.74, 6) is 1.19. The summed E-state index contributed by atoms with van der Waals surface area (Å²) < 4.78 is 5.65. The zero-order valence-corrected chi connectivity index (χ0v) is 12.1. The van der Waals surface area contributed by atoms with Gasteiger partial charge in [-0.25, -0.2) is 0 Å². The summed E-state index contributed by atoms with van der Waals surface area (Å²) in [4.78, 5) is 0. The van der Waals surface area contributed by atoms with Crippen LogP contribution < -0.4 is 10.9 Å². The van der Waals surface area contributed by atoms with Crippen LogP contribution in [0.4, 0.5) is 5.69 Å². The second-order valence-corrected chi connectivity index (χ2v) is 4.77. The number of unbranched alkanes of at least 4 members (excludes halogenated alkanes) is 1. The molecule has 1 aromatic rings. The summed E-state index contributed by atoms with van der Waals surface area (Å²) in [7, 11) is 0. The van der Waals surface area contributed by atoms with E-state index in [0.717, 1.165) is 18.7 Å². The summed E-state index contributed by atoms with van der Waals surface area (Å²) in [6.45, 7) is 9.03. The first kappa shape index (κ1) is 15.4. The molecule has 0 radical (unpaired) electrons. The van der Waals surface area contributed by atoms with Crippen LogP contribution in [0.5, 0.6) is 0 Å². The summed E-state index contributed by atoms with van der Waals surface area (Å²) in [6, 6.07) is 9.90. The fraction of sp³-hybridized carbons (Fsp3) is 0.500. The van der Waals surface area contributed by atoms with Crippen molar-refractivity contribution >= 4 is 5.69 Å². The van der Waals surface area contributed by atoms with Crippen LogP contribution in [0.25, 0.3) is 0 Å². The Morgan fingerprint density at radius 2 is 2.00 bits per heavy atom. The SMILES string of the molecule is C=C(NNc1ccccc1)OCC(CC)CCCC. The van der Waals surface area contributed by atoms with Crippen LogP contribution in [0, 0.1) is 5.92 Å². The fourth-order valence-electron chi connectivity index (χ4n) is 1.82. The minimum atomic E-state index is 0.568. The predicted molar refractivity (Wildman–Crippen MR) is 81.6 cm³/mol. The molecule has 3 nitrogen and oxygen atoms in total. The predicted octanol–water partition coefficient (Wildman–Crippen LogP) is 4.31. The summed E-state index contributed by atoms with van der Waals surface area (Å²) in [5, 5.41) is 0. The average Bonchev–Trinajstić information content (AvgIpc) is 2.46. The van der Waals surface area contributed by atoms with Gasteiger partial charge < -0.3 is 4.74 Å². The topological polar surface area (TPSA) is 33.3 Å². The average molecular weight is 262 g/mol. The largest absolute Gasteiger partial charge is 0.478 e. The van der Waals surface area contributed by atoms with Crippen LogP contribution in [-0.2, 0) is 4.74 Å². The van der Waals surface area contributed by atoms with Crippen molar-refractivity contribution in [1.82, 2.24) is 5.43 Å². The van der Waals surface area contributed by atoms with E-state index in [1.807, 2.05) is 30.3 Å². The Labute approximate surface area is 117 Å². The molecule has 0 aliphatic rings. The van der Waals surface area contributed by atoms with Crippen molar-refractivity contribution in [2.24, 2.45) is 5.92 Å². The second kappa shape index (κ2) is 9.31. The molecule has 106 valence electrons. The van der Waals surface area contributed by atoms with E-state index >= 15 is 0 Å². The molecular formula is C16H26N2O. The fourth-order valence-corrected chi connectivity index (χ4v) is 1.82. The van der Waals surface area contributed by atoms with Gasteiger partial charge in [0.1, 0.15) is 0 Å². The maximum absolute atomic E-state index is 5.65. The smallest absolute Gasteiger partial charge is 0.198 e. The van der Waals surface area contributed by atoms with Crippen molar-refractivity contribution < 1.29 is 4.74 Å². The third-order valence-corrected chi connectivity index (χ3v) is 3.16. The summed E-state index contributed by atoms with van der Waals surface area (Å²) in [6.07, 6.45) is 4.89. The molecule has 0 bridgehead atoms. The standard InChI is InChI=1S/C16H26N2O/c1-4-6-10-15(5-2)13-19-14(3)17-18-16-11-8-7-9-12-16/h7-9,11-12,15,17-18H,3-6,10,13H2,1-2H3. The molecule has 1 unspecified atom stereocenters. The third kappa shape index (κ3) is 6.75. The molecule has 0 saturated carbocycles. The van der Waals surface area contributed by atoms with Gasteiger partial charge in [0.2, 0.25) is 0 Å². The second-order valence-electron chi connectivity index (χ2n) is 4.77. The lowest BCUT2D eigenvalue weighted by Gasteiger charge is -2.18. The highest BCUT2D eigenvalue weighted by molar-refractivity contribution is 5.41. The van der Waals surface area contributed by atoms with Gasteiger partial charge in [0.15, 0.2) is 5.88 Å². The summed E-state index contributed by atoms with van der Waals surface area (Å²) >= 11 is 0. The Bertz CT molecular complexity index is 351. The highest BCUT2D eigenvalue weighted by atomic mass is 16.5. The molecule has 0 saturated heterocycles. The first-order valence-electron chi connectivity index (χ1n) is 7.15.